The van der Waals surface area contributed by atoms with Gasteiger partial charge in [-0.05, 0) is 12.3 Å². The number of hydrogen-bond donors (Lipinski definition) is 1. The number of allylic oxidation sites excluding steroid dienone is 1. The highest BCUT2D eigenvalue weighted by atomic mass is 16.7. The Balaban J connectivity index is 4.13. The molecule has 0 spiro atoms. The Bertz CT molecular complexity index is 147. The molecule has 0 fully saturated rings. The van der Waals surface area contributed by atoms with Crippen molar-refractivity contribution in [3.8, 4) is 0 Å². The Morgan fingerprint density at radius 2 is 2.00 bits per heavy atom. The van der Waals surface area contributed by atoms with Crippen LogP contribution in [-0.2, 0) is 9.47 Å². The molecule has 1 N–H and O–H groups in total. The van der Waals surface area contributed by atoms with E-state index in [1.165, 1.54) is 0 Å². The number of aliphatic hydroxyl groups is 1. The molecule has 0 heterocycles. The van der Waals surface area contributed by atoms with Crippen molar-refractivity contribution in [2.75, 3.05) is 20.5 Å². The van der Waals surface area contributed by atoms with Crippen LogP contribution >= 0.6 is 0 Å². The summed E-state index contributed by atoms with van der Waals surface area (Å²) in [4.78, 5) is 0. The Labute approximate surface area is 86.7 Å². The maximum Gasteiger partial charge on any atom is 0.146 e. The summed E-state index contributed by atoms with van der Waals surface area (Å²) in [5.41, 5.74) is 0. The van der Waals surface area contributed by atoms with Crippen molar-refractivity contribution in [2.24, 2.45) is 11.8 Å². The summed E-state index contributed by atoms with van der Waals surface area (Å²) in [7, 11) is 1.60. The molecule has 0 amide bonds. The van der Waals surface area contributed by atoms with Crippen molar-refractivity contribution in [3.63, 3.8) is 0 Å². The van der Waals surface area contributed by atoms with E-state index < -0.39 is 0 Å². The van der Waals surface area contributed by atoms with Crippen molar-refractivity contribution in [1.29, 1.82) is 0 Å². The number of ether oxygens (including phenoxy) is 2. The highest BCUT2D eigenvalue weighted by Gasteiger charge is 2.23. The lowest BCUT2D eigenvalue weighted by atomic mass is 9.91. The SMILES string of the molecule is C=CC[C@H](C)[C@@H](OCOC)[C@@H](C)CO. The monoisotopic (exact) mass is 202 g/mol. The predicted octanol–water partition coefficient (Wildman–Crippen LogP) is 1.82. The molecule has 3 nitrogen and oxygen atoms in total. The largest absolute Gasteiger partial charge is 0.396 e. The Kier molecular flexibility index (Phi) is 7.76. The van der Waals surface area contributed by atoms with Gasteiger partial charge in [0.05, 0.1) is 6.10 Å². The van der Waals surface area contributed by atoms with Crippen LogP contribution in [0.25, 0.3) is 0 Å². The van der Waals surface area contributed by atoms with Crippen LogP contribution in [0.4, 0.5) is 0 Å². The summed E-state index contributed by atoms with van der Waals surface area (Å²) in [5.74, 6) is 0.477. The van der Waals surface area contributed by atoms with Crippen molar-refractivity contribution < 1.29 is 14.6 Å². The lowest BCUT2D eigenvalue weighted by molar-refractivity contribution is -0.113. The number of hydrogen-bond acceptors (Lipinski definition) is 3. The summed E-state index contributed by atoms with van der Waals surface area (Å²) < 4.78 is 10.4. The van der Waals surface area contributed by atoms with Gasteiger partial charge in [-0.2, -0.15) is 0 Å². The molecule has 0 saturated heterocycles. The Morgan fingerprint density at radius 1 is 1.36 bits per heavy atom. The molecule has 3 atom stereocenters. The second kappa shape index (κ2) is 7.97. The van der Waals surface area contributed by atoms with Gasteiger partial charge in [0.1, 0.15) is 6.79 Å². The maximum atomic E-state index is 9.07. The van der Waals surface area contributed by atoms with Crippen LogP contribution in [0.15, 0.2) is 12.7 Å². The van der Waals surface area contributed by atoms with Gasteiger partial charge in [-0.3, -0.25) is 0 Å². The summed E-state index contributed by atoms with van der Waals surface area (Å²) in [6.45, 7) is 8.17. The van der Waals surface area contributed by atoms with Crippen LogP contribution in [0.3, 0.4) is 0 Å². The zero-order valence-electron chi connectivity index (χ0n) is 9.40. The molecule has 0 bridgehead atoms. The predicted molar refractivity (Wildman–Crippen MR) is 57.0 cm³/mol. The lowest BCUT2D eigenvalue weighted by Gasteiger charge is -2.27. The van der Waals surface area contributed by atoms with E-state index in [9.17, 15) is 0 Å². The van der Waals surface area contributed by atoms with Gasteiger partial charge in [-0.15, -0.1) is 6.58 Å². The van der Waals surface area contributed by atoms with Crippen molar-refractivity contribution in [1.82, 2.24) is 0 Å². The first kappa shape index (κ1) is 13.6. The Morgan fingerprint density at radius 3 is 2.43 bits per heavy atom. The van der Waals surface area contributed by atoms with Gasteiger partial charge in [0, 0.05) is 19.6 Å². The highest BCUT2D eigenvalue weighted by Crippen LogP contribution is 2.20. The van der Waals surface area contributed by atoms with Crippen LogP contribution in [0, 0.1) is 11.8 Å². The minimum Gasteiger partial charge on any atom is -0.396 e. The fourth-order valence-electron chi connectivity index (χ4n) is 1.54. The lowest BCUT2D eigenvalue weighted by Crippen LogP contribution is -2.31. The van der Waals surface area contributed by atoms with Crippen LogP contribution in [0.2, 0.25) is 0 Å². The zero-order chi connectivity index (χ0) is 11.0. The molecule has 0 aliphatic carbocycles. The zero-order valence-corrected chi connectivity index (χ0v) is 9.40. The topological polar surface area (TPSA) is 38.7 Å². The second-order valence-corrected chi connectivity index (χ2v) is 3.70. The van der Waals surface area contributed by atoms with Gasteiger partial charge in [0.2, 0.25) is 0 Å². The smallest absolute Gasteiger partial charge is 0.146 e. The van der Waals surface area contributed by atoms with E-state index in [4.69, 9.17) is 14.6 Å². The van der Waals surface area contributed by atoms with Crippen LogP contribution in [-0.4, -0.2) is 31.7 Å². The normalized spacial score (nSPS) is 17.4. The molecule has 0 radical (unpaired) electrons. The van der Waals surface area contributed by atoms with Crippen LogP contribution in [0.1, 0.15) is 20.3 Å². The first-order valence-electron chi connectivity index (χ1n) is 4.99. The van der Waals surface area contributed by atoms with Crippen molar-refractivity contribution >= 4 is 0 Å². The van der Waals surface area contributed by atoms with E-state index in [0.29, 0.717) is 5.92 Å². The van der Waals surface area contributed by atoms with E-state index in [0.717, 1.165) is 6.42 Å². The fraction of sp³-hybridized carbons (Fsp3) is 0.818. The molecule has 0 unspecified atom stereocenters. The third-order valence-electron chi connectivity index (χ3n) is 2.33. The molecule has 0 aromatic heterocycles. The van der Waals surface area contributed by atoms with Crippen molar-refractivity contribution in [3.05, 3.63) is 12.7 Å². The van der Waals surface area contributed by atoms with E-state index in [-0.39, 0.29) is 25.4 Å². The molecule has 0 aliphatic heterocycles. The molecule has 0 aromatic carbocycles. The van der Waals surface area contributed by atoms with E-state index in [1.807, 2.05) is 13.0 Å². The molecule has 0 aliphatic rings. The standard InChI is InChI=1S/C11H22O3/c1-5-6-9(2)11(10(3)7-12)14-8-13-4/h5,9-12H,1,6-8H2,2-4H3/t9-,10-,11+/m0/s1. The molecule has 84 valence electrons. The first-order chi connectivity index (χ1) is 6.67. The summed E-state index contributed by atoms with van der Waals surface area (Å²) in [5, 5.41) is 9.07. The van der Waals surface area contributed by atoms with Gasteiger partial charge < -0.3 is 14.6 Å². The molecule has 14 heavy (non-hydrogen) atoms. The second-order valence-electron chi connectivity index (χ2n) is 3.70. The van der Waals surface area contributed by atoms with Crippen molar-refractivity contribution in [2.45, 2.75) is 26.4 Å². The summed E-state index contributed by atoms with van der Waals surface area (Å²) in [6, 6.07) is 0. The molecule has 0 aromatic rings. The van der Waals surface area contributed by atoms with Gasteiger partial charge in [-0.25, -0.2) is 0 Å². The van der Waals surface area contributed by atoms with Gasteiger partial charge in [-0.1, -0.05) is 19.9 Å². The molecular weight excluding hydrogens is 180 g/mol. The Hall–Kier alpha value is -0.380. The quantitative estimate of drug-likeness (QED) is 0.482. The van der Waals surface area contributed by atoms with E-state index in [2.05, 4.69) is 13.5 Å². The van der Waals surface area contributed by atoms with E-state index >= 15 is 0 Å². The molecular formula is C11H22O3. The fourth-order valence-corrected chi connectivity index (χ4v) is 1.54. The third-order valence-corrected chi connectivity index (χ3v) is 2.33. The molecule has 3 heteroatoms. The molecule has 0 saturated carbocycles. The maximum absolute atomic E-state index is 9.07. The average molecular weight is 202 g/mol. The minimum absolute atomic E-state index is 0.0259. The number of rotatable bonds is 8. The van der Waals surface area contributed by atoms with Crippen LogP contribution in [0.5, 0.6) is 0 Å². The third kappa shape index (κ3) is 4.74. The minimum atomic E-state index is 0.0259. The molecule has 0 rings (SSSR count). The van der Waals surface area contributed by atoms with Gasteiger partial charge >= 0.3 is 0 Å². The average Bonchev–Trinajstić information content (AvgIpc) is 2.18. The number of aliphatic hydroxyl groups excluding tert-OH is 1. The first-order valence-corrected chi connectivity index (χ1v) is 4.99. The van der Waals surface area contributed by atoms with Gasteiger partial charge in [0.15, 0.2) is 0 Å². The summed E-state index contributed by atoms with van der Waals surface area (Å²) in [6.07, 6.45) is 2.79. The van der Waals surface area contributed by atoms with E-state index in [1.54, 1.807) is 7.11 Å². The van der Waals surface area contributed by atoms with Gasteiger partial charge in [0.25, 0.3) is 0 Å². The number of methoxy groups -OCH3 is 1. The summed E-state index contributed by atoms with van der Waals surface area (Å²) >= 11 is 0. The highest BCUT2D eigenvalue weighted by molar-refractivity contribution is 4.79. The van der Waals surface area contributed by atoms with Crippen LogP contribution < -0.4 is 0 Å².